The van der Waals surface area contributed by atoms with Gasteiger partial charge in [0.25, 0.3) is 0 Å². The van der Waals surface area contributed by atoms with Crippen LogP contribution in [0.3, 0.4) is 0 Å². The maximum Gasteiger partial charge on any atom is 0.123 e. The van der Waals surface area contributed by atoms with Gasteiger partial charge in [-0.1, -0.05) is 43.7 Å². The van der Waals surface area contributed by atoms with Crippen LogP contribution < -0.4 is 4.74 Å². The quantitative estimate of drug-likeness (QED) is 0.802. The third-order valence-electron chi connectivity index (χ3n) is 5.03. The van der Waals surface area contributed by atoms with Crippen molar-refractivity contribution in [2.45, 2.75) is 57.5 Å². The molecule has 0 radical (unpaired) electrons. The zero-order valence-electron chi connectivity index (χ0n) is 13.1. The van der Waals surface area contributed by atoms with Crippen LogP contribution in [-0.4, -0.2) is 15.7 Å². The van der Waals surface area contributed by atoms with Crippen LogP contribution in [0.1, 0.15) is 50.8 Å². The van der Waals surface area contributed by atoms with Gasteiger partial charge >= 0.3 is 0 Å². The van der Waals surface area contributed by atoms with Crippen molar-refractivity contribution >= 4 is 22.6 Å². The summed E-state index contributed by atoms with van der Waals surface area (Å²) in [6, 6.07) is 4.01. The van der Waals surface area contributed by atoms with Gasteiger partial charge in [-0.3, -0.25) is 0 Å². The highest BCUT2D eigenvalue weighted by atomic mass is 35.5. The van der Waals surface area contributed by atoms with E-state index in [9.17, 15) is 0 Å². The molecule has 118 valence electrons. The van der Waals surface area contributed by atoms with E-state index >= 15 is 0 Å². The number of benzene rings is 1. The first-order chi connectivity index (χ1) is 10.7. The van der Waals surface area contributed by atoms with E-state index in [1.54, 1.807) is 0 Å². The molecule has 4 heteroatoms. The number of ether oxygens (including phenoxy) is 1. The average Bonchev–Trinajstić information content (AvgIpc) is 3.27. The zero-order chi connectivity index (χ0) is 15.1. The van der Waals surface area contributed by atoms with E-state index < -0.39 is 0 Å². The standard InChI is InChI=1S/C18H23ClN2O/c1-21-16-11-14(22-13-7-8-13)10-15(19)18(16)20-17(21)9-12-5-3-2-4-6-12/h10-13H,2-9H2,1H3. The number of imidazole rings is 1. The second-order valence-electron chi connectivity index (χ2n) is 6.89. The molecule has 0 aliphatic heterocycles. The van der Waals surface area contributed by atoms with Crippen molar-refractivity contribution in [2.75, 3.05) is 0 Å². The highest BCUT2D eigenvalue weighted by Crippen LogP contribution is 2.34. The fraction of sp³-hybridized carbons (Fsp3) is 0.611. The minimum Gasteiger partial charge on any atom is -0.490 e. The highest BCUT2D eigenvalue weighted by Gasteiger charge is 2.24. The molecular formula is C18H23ClN2O. The number of fused-ring (bicyclic) bond motifs is 1. The van der Waals surface area contributed by atoms with Crippen LogP contribution in [0.4, 0.5) is 0 Å². The Kier molecular flexibility index (Phi) is 3.77. The van der Waals surface area contributed by atoms with E-state index in [1.807, 2.05) is 6.07 Å². The van der Waals surface area contributed by atoms with E-state index in [2.05, 4.69) is 17.7 Å². The summed E-state index contributed by atoms with van der Waals surface area (Å²) < 4.78 is 8.11. The van der Waals surface area contributed by atoms with E-state index in [-0.39, 0.29) is 0 Å². The van der Waals surface area contributed by atoms with Crippen molar-refractivity contribution in [3.05, 3.63) is 23.0 Å². The molecule has 2 saturated carbocycles. The van der Waals surface area contributed by atoms with Gasteiger partial charge < -0.3 is 9.30 Å². The summed E-state index contributed by atoms with van der Waals surface area (Å²) >= 11 is 6.44. The Bertz CT molecular complexity index is 684. The first-order valence-corrected chi connectivity index (χ1v) is 8.90. The van der Waals surface area contributed by atoms with Crippen molar-refractivity contribution in [1.82, 2.24) is 9.55 Å². The fourth-order valence-electron chi connectivity index (χ4n) is 3.55. The minimum absolute atomic E-state index is 0.392. The van der Waals surface area contributed by atoms with Gasteiger partial charge in [0.2, 0.25) is 0 Å². The minimum atomic E-state index is 0.392. The summed E-state index contributed by atoms with van der Waals surface area (Å²) in [6.45, 7) is 0. The van der Waals surface area contributed by atoms with E-state index in [4.69, 9.17) is 21.3 Å². The lowest BCUT2D eigenvalue weighted by Gasteiger charge is -2.20. The molecule has 1 heterocycles. The normalized spacial score (nSPS) is 19.7. The molecule has 0 amide bonds. The van der Waals surface area contributed by atoms with Gasteiger partial charge in [0.1, 0.15) is 17.1 Å². The van der Waals surface area contributed by atoms with Crippen LogP contribution in [0.5, 0.6) is 5.75 Å². The lowest BCUT2D eigenvalue weighted by atomic mass is 9.87. The monoisotopic (exact) mass is 318 g/mol. The van der Waals surface area contributed by atoms with E-state index in [0.29, 0.717) is 11.1 Å². The Hall–Kier alpha value is -1.22. The molecule has 22 heavy (non-hydrogen) atoms. The van der Waals surface area contributed by atoms with Gasteiger partial charge in [0.05, 0.1) is 16.6 Å². The number of hydrogen-bond donors (Lipinski definition) is 0. The Balaban J connectivity index is 1.64. The molecule has 2 aliphatic carbocycles. The van der Waals surface area contributed by atoms with Gasteiger partial charge in [-0.05, 0) is 18.8 Å². The van der Waals surface area contributed by atoms with Crippen LogP contribution in [0.25, 0.3) is 11.0 Å². The molecule has 2 fully saturated rings. The summed E-state index contributed by atoms with van der Waals surface area (Å²) in [5.74, 6) is 2.82. The maximum atomic E-state index is 6.44. The lowest BCUT2D eigenvalue weighted by Crippen LogP contribution is -2.12. The van der Waals surface area contributed by atoms with Crippen LogP contribution in [-0.2, 0) is 13.5 Å². The molecule has 0 spiro atoms. The number of aryl methyl sites for hydroxylation is 1. The summed E-state index contributed by atoms with van der Waals surface area (Å²) in [5, 5.41) is 0.707. The summed E-state index contributed by atoms with van der Waals surface area (Å²) in [6.07, 6.45) is 10.6. The largest absolute Gasteiger partial charge is 0.490 e. The molecule has 1 aromatic heterocycles. The molecule has 2 aliphatic rings. The predicted molar refractivity (Wildman–Crippen MR) is 89.7 cm³/mol. The molecule has 2 aromatic rings. The topological polar surface area (TPSA) is 27.1 Å². The molecule has 0 N–H and O–H groups in total. The Labute approximate surface area is 136 Å². The summed E-state index contributed by atoms with van der Waals surface area (Å²) in [7, 11) is 2.10. The SMILES string of the molecule is Cn1c(CC2CCCCC2)nc2c(Cl)cc(OC3CC3)cc21. The molecule has 0 saturated heterocycles. The molecule has 4 rings (SSSR count). The Morgan fingerprint density at radius 2 is 1.95 bits per heavy atom. The van der Waals surface area contributed by atoms with E-state index in [1.165, 1.54) is 32.1 Å². The number of aromatic nitrogens is 2. The predicted octanol–water partition coefficient (Wildman–Crippen LogP) is 4.89. The first kappa shape index (κ1) is 14.4. The maximum absolute atomic E-state index is 6.44. The second kappa shape index (κ2) is 5.77. The van der Waals surface area contributed by atoms with Crippen molar-refractivity contribution < 1.29 is 4.74 Å². The third kappa shape index (κ3) is 2.83. The summed E-state index contributed by atoms with van der Waals surface area (Å²) in [5.41, 5.74) is 2.01. The molecule has 0 bridgehead atoms. The fourth-order valence-corrected chi connectivity index (χ4v) is 3.79. The molecule has 0 atom stereocenters. The summed E-state index contributed by atoms with van der Waals surface area (Å²) in [4.78, 5) is 4.82. The smallest absolute Gasteiger partial charge is 0.123 e. The van der Waals surface area contributed by atoms with Crippen molar-refractivity contribution in [3.8, 4) is 5.75 Å². The Morgan fingerprint density at radius 1 is 1.18 bits per heavy atom. The van der Waals surface area contributed by atoms with E-state index in [0.717, 1.165) is 47.8 Å². The molecule has 0 unspecified atom stereocenters. The van der Waals surface area contributed by atoms with Crippen LogP contribution in [0.15, 0.2) is 12.1 Å². The molecule has 3 nitrogen and oxygen atoms in total. The number of hydrogen-bond acceptors (Lipinski definition) is 2. The number of halogens is 1. The van der Waals surface area contributed by atoms with Gasteiger partial charge in [-0.2, -0.15) is 0 Å². The van der Waals surface area contributed by atoms with Gasteiger partial charge in [-0.15, -0.1) is 0 Å². The van der Waals surface area contributed by atoms with Gasteiger partial charge in [-0.25, -0.2) is 4.98 Å². The lowest BCUT2D eigenvalue weighted by molar-refractivity contribution is 0.303. The van der Waals surface area contributed by atoms with Crippen molar-refractivity contribution in [3.63, 3.8) is 0 Å². The molecule has 1 aromatic carbocycles. The van der Waals surface area contributed by atoms with Gasteiger partial charge in [0.15, 0.2) is 0 Å². The van der Waals surface area contributed by atoms with Gasteiger partial charge in [0, 0.05) is 25.6 Å². The van der Waals surface area contributed by atoms with Crippen LogP contribution >= 0.6 is 11.6 Å². The number of rotatable bonds is 4. The highest BCUT2D eigenvalue weighted by molar-refractivity contribution is 6.35. The molecular weight excluding hydrogens is 296 g/mol. The second-order valence-corrected chi connectivity index (χ2v) is 7.29. The third-order valence-corrected chi connectivity index (χ3v) is 5.32. The van der Waals surface area contributed by atoms with Crippen LogP contribution in [0, 0.1) is 5.92 Å². The average molecular weight is 319 g/mol. The van der Waals surface area contributed by atoms with Crippen LogP contribution in [0.2, 0.25) is 5.02 Å². The van der Waals surface area contributed by atoms with Crippen molar-refractivity contribution in [1.29, 1.82) is 0 Å². The number of nitrogens with zero attached hydrogens (tertiary/aromatic N) is 2. The first-order valence-electron chi connectivity index (χ1n) is 8.52. The van der Waals surface area contributed by atoms with Crippen molar-refractivity contribution in [2.24, 2.45) is 13.0 Å². The zero-order valence-corrected chi connectivity index (χ0v) is 13.9. The Morgan fingerprint density at radius 3 is 2.68 bits per heavy atom.